The highest BCUT2D eigenvalue weighted by molar-refractivity contribution is 5.68. The Morgan fingerprint density at radius 3 is 2.48 bits per heavy atom. The Morgan fingerprint density at radius 2 is 1.86 bits per heavy atom. The van der Waals surface area contributed by atoms with Gasteiger partial charge in [0, 0.05) is 38.6 Å². The van der Waals surface area contributed by atoms with Crippen LogP contribution in [0.1, 0.15) is 68.6 Å². The number of carbonyl (C=O) groups is 2. The van der Waals surface area contributed by atoms with Crippen molar-refractivity contribution in [1.82, 2.24) is 9.80 Å². The van der Waals surface area contributed by atoms with Crippen LogP contribution in [0.4, 0.5) is 9.18 Å². The lowest BCUT2D eigenvalue weighted by atomic mass is 9.79. The van der Waals surface area contributed by atoms with E-state index < -0.39 is 5.97 Å². The molecule has 1 saturated carbocycles. The minimum Gasteiger partial charge on any atom is -0.481 e. The highest BCUT2D eigenvalue weighted by atomic mass is 19.1. The molecule has 7 heteroatoms. The molecular weight excluding hydrogens is 531 g/mol. The summed E-state index contributed by atoms with van der Waals surface area (Å²) < 4.78 is 19.9. The summed E-state index contributed by atoms with van der Waals surface area (Å²) in [7, 11) is 0. The number of carbonyl (C=O) groups excluding carboxylic acids is 1. The second-order valence-electron chi connectivity index (χ2n) is 12.7. The van der Waals surface area contributed by atoms with E-state index in [1.165, 1.54) is 11.6 Å². The van der Waals surface area contributed by atoms with Gasteiger partial charge in [-0.05, 0) is 85.5 Å². The van der Waals surface area contributed by atoms with Crippen molar-refractivity contribution in [2.75, 3.05) is 26.2 Å². The van der Waals surface area contributed by atoms with Crippen LogP contribution in [0, 0.1) is 36.4 Å². The number of likely N-dealkylation sites (tertiary alicyclic amines) is 1. The lowest BCUT2D eigenvalue weighted by Gasteiger charge is -2.39. The predicted molar refractivity (Wildman–Crippen MR) is 164 cm³/mol. The molecule has 2 aromatic carbocycles. The van der Waals surface area contributed by atoms with Crippen LogP contribution in [0.3, 0.4) is 0 Å². The van der Waals surface area contributed by atoms with Gasteiger partial charge in [0.1, 0.15) is 12.4 Å². The first-order valence-corrected chi connectivity index (χ1v) is 15.4. The summed E-state index contributed by atoms with van der Waals surface area (Å²) in [6.07, 6.45) is 5.16. The van der Waals surface area contributed by atoms with E-state index in [0.717, 1.165) is 56.4 Å². The molecular formula is C35H47FN2O4. The highest BCUT2D eigenvalue weighted by Gasteiger charge is 2.41. The van der Waals surface area contributed by atoms with Gasteiger partial charge in [-0.15, -0.1) is 6.58 Å². The minimum absolute atomic E-state index is 0.0843. The highest BCUT2D eigenvalue weighted by Crippen LogP contribution is 2.49. The standard InChI is InChI=1S/C35H47FN2O4/c1-5-15-38(35(41)42-23-26-11-9-25(4)10-12-26)31-13-16-37(17-14-31)22-29-18-28(32(24(2)3)21-34(39)40)20-33(29)27-7-6-8-30(36)19-27/h5-12,19,24,28-29,31-33H,1,13-18,20-23H2,2-4H3,(H,39,40)/t28?,29-,32?,33-/m1/s1. The van der Waals surface area contributed by atoms with Crippen LogP contribution in [0.2, 0.25) is 0 Å². The van der Waals surface area contributed by atoms with Gasteiger partial charge in [-0.2, -0.15) is 0 Å². The van der Waals surface area contributed by atoms with Crippen molar-refractivity contribution in [2.45, 2.75) is 71.4 Å². The van der Waals surface area contributed by atoms with Gasteiger partial charge in [0.2, 0.25) is 0 Å². The fourth-order valence-electron chi connectivity index (χ4n) is 7.18. The molecule has 1 aliphatic carbocycles. The number of hydrogen-bond acceptors (Lipinski definition) is 4. The van der Waals surface area contributed by atoms with E-state index in [1.807, 2.05) is 37.3 Å². The lowest BCUT2D eigenvalue weighted by Crippen LogP contribution is -2.48. The summed E-state index contributed by atoms with van der Waals surface area (Å²) >= 11 is 0. The summed E-state index contributed by atoms with van der Waals surface area (Å²) in [4.78, 5) is 29.0. The van der Waals surface area contributed by atoms with Gasteiger partial charge in [0.25, 0.3) is 0 Å². The average molecular weight is 579 g/mol. The third-order valence-corrected chi connectivity index (χ3v) is 9.41. The molecule has 1 amide bonds. The minimum atomic E-state index is -0.747. The van der Waals surface area contributed by atoms with Crippen molar-refractivity contribution in [2.24, 2.45) is 23.7 Å². The molecule has 1 N–H and O–H groups in total. The molecule has 1 heterocycles. The van der Waals surface area contributed by atoms with Crippen LogP contribution in [-0.4, -0.2) is 59.2 Å². The fraction of sp³-hybridized carbons (Fsp3) is 0.543. The first-order valence-electron chi connectivity index (χ1n) is 15.4. The number of amides is 1. The molecule has 1 aliphatic heterocycles. The van der Waals surface area contributed by atoms with Crippen molar-refractivity contribution in [3.63, 3.8) is 0 Å². The summed E-state index contributed by atoms with van der Waals surface area (Å²) in [6, 6.07) is 15.0. The second-order valence-corrected chi connectivity index (χ2v) is 12.7. The Balaban J connectivity index is 1.38. The van der Waals surface area contributed by atoms with E-state index in [-0.39, 0.29) is 48.7 Å². The maximum Gasteiger partial charge on any atom is 0.410 e. The number of hydrogen-bond donors (Lipinski definition) is 1. The van der Waals surface area contributed by atoms with E-state index in [1.54, 1.807) is 23.1 Å². The first-order chi connectivity index (χ1) is 20.1. The maximum absolute atomic E-state index is 14.2. The van der Waals surface area contributed by atoms with Gasteiger partial charge >= 0.3 is 12.1 Å². The summed E-state index contributed by atoms with van der Waals surface area (Å²) in [5.41, 5.74) is 3.15. The number of halogens is 1. The zero-order valence-corrected chi connectivity index (χ0v) is 25.4. The normalized spacial score (nSPS) is 22.2. The van der Waals surface area contributed by atoms with Gasteiger partial charge in [0.15, 0.2) is 0 Å². The van der Waals surface area contributed by atoms with Crippen LogP contribution in [0.15, 0.2) is 61.2 Å². The Labute approximate surface area is 250 Å². The monoisotopic (exact) mass is 578 g/mol. The fourth-order valence-corrected chi connectivity index (χ4v) is 7.18. The van der Waals surface area contributed by atoms with Gasteiger partial charge in [0.05, 0.1) is 0 Å². The summed E-state index contributed by atoms with van der Waals surface area (Å²) in [6.45, 7) is 13.4. The Morgan fingerprint density at radius 1 is 1.14 bits per heavy atom. The Kier molecular flexibility index (Phi) is 11.2. The number of piperidine rings is 1. The van der Waals surface area contributed by atoms with Crippen molar-refractivity contribution in [3.05, 3.63) is 83.7 Å². The molecule has 4 atom stereocenters. The molecule has 228 valence electrons. The van der Waals surface area contributed by atoms with Gasteiger partial charge < -0.3 is 19.6 Å². The van der Waals surface area contributed by atoms with Crippen LogP contribution in [0.5, 0.6) is 0 Å². The van der Waals surface area contributed by atoms with Crippen molar-refractivity contribution in [3.8, 4) is 0 Å². The van der Waals surface area contributed by atoms with Crippen molar-refractivity contribution < 1.29 is 23.8 Å². The number of aryl methyl sites for hydroxylation is 1. The van der Waals surface area contributed by atoms with Crippen LogP contribution < -0.4 is 0 Å². The van der Waals surface area contributed by atoms with Gasteiger partial charge in [-0.25, -0.2) is 9.18 Å². The van der Waals surface area contributed by atoms with Crippen LogP contribution in [-0.2, 0) is 16.1 Å². The molecule has 2 aromatic rings. The molecule has 0 spiro atoms. The largest absolute Gasteiger partial charge is 0.481 e. The topological polar surface area (TPSA) is 70.1 Å². The quantitative estimate of drug-likeness (QED) is 0.268. The molecule has 1 saturated heterocycles. The van der Waals surface area contributed by atoms with Crippen LogP contribution in [0.25, 0.3) is 0 Å². The van der Waals surface area contributed by atoms with E-state index in [2.05, 4.69) is 25.3 Å². The van der Waals surface area contributed by atoms with Gasteiger partial charge in [-0.3, -0.25) is 4.79 Å². The Hall–Kier alpha value is -3.19. The third kappa shape index (κ3) is 8.43. The second kappa shape index (κ2) is 14.8. The lowest BCUT2D eigenvalue weighted by molar-refractivity contribution is -0.139. The third-order valence-electron chi connectivity index (χ3n) is 9.41. The van der Waals surface area contributed by atoms with Crippen molar-refractivity contribution >= 4 is 12.1 Å². The number of rotatable bonds is 12. The number of aliphatic carboxylic acids is 1. The van der Waals surface area contributed by atoms with E-state index in [0.29, 0.717) is 18.4 Å². The molecule has 0 radical (unpaired) electrons. The summed E-state index contributed by atoms with van der Waals surface area (Å²) in [5, 5.41) is 9.59. The zero-order chi connectivity index (χ0) is 30.2. The number of benzene rings is 2. The average Bonchev–Trinajstić information content (AvgIpc) is 3.37. The number of carboxylic acid groups (broad SMARTS) is 1. The maximum atomic E-state index is 14.2. The molecule has 0 aromatic heterocycles. The van der Waals surface area contributed by atoms with Crippen LogP contribution >= 0.6 is 0 Å². The SMILES string of the molecule is C=CCN(C(=O)OCc1ccc(C)cc1)C1CCN(C[C@H]2CC(C(CC(=O)O)C(C)C)C[C@@H]2c2cccc(F)c2)CC1. The Bertz CT molecular complexity index is 1190. The number of nitrogens with zero attached hydrogens (tertiary/aromatic N) is 2. The molecule has 4 rings (SSSR count). The molecule has 42 heavy (non-hydrogen) atoms. The summed E-state index contributed by atoms with van der Waals surface area (Å²) in [5.74, 6) is 0.229. The smallest absolute Gasteiger partial charge is 0.410 e. The van der Waals surface area contributed by atoms with E-state index in [4.69, 9.17) is 4.74 Å². The molecule has 2 aliphatic rings. The molecule has 2 fully saturated rings. The van der Waals surface area contributed by atoms with E-state index in [9.17, 15) is 19.1 Å². The first kappa shape index (κ1) is 31.7. The molecule has 6 nitrogen and oxygen atoms in total. The van der Waals surface area contributed by atoms with Gasteiger partial charge in [-0.1, -0.05) is 61.9 Å². The molecule has 0 bridgehead atoms. The predicted octanol–water partition coefficient (Wildman–Crippen LogP) is 7.28. The molecule has 2 unspecified atom stereocenters. The number of carboxylic acids is 1. The van der Waals surface area contributed by atoms with E-state index >= 15 is 0 Å². The zero-order valence-electron chi connectivity index (χ0n) is 25.4. The van der Waals surface area contributed by atoms with Crippen molar-refractivity contribution in [1.29, 1.82) is 0 Å². The number of ether oxygens (including phenoxy) is 1.